The van der Waals surface area contributed by atoms with Crippen LogP contribution in [0.15, 0.2) is 0 Å². The van der Waals surface area contributed by atoms with Crippen molar-refractivity contribution < 1.29 is 14.6 Å². The molecule has 15 heavy (non-hydrogen) atoms. The van der Waals surface area contributed by atoms with Crippen LogP contribution in [-0.2, 0) is 9.53 Å². The predicted molar refractivity (Wildman–Crippen MR) is 57.9 cm³/mol. The van der Waals surface area contributed by atoms with Crippen LogP contribution < -0.4 is 5.32 Å². The molecule has 0 radical (unpaired) electrons. The Morgan fingerprint density at radius 1 is 1.47 bits per heavy atom. The van der Waals surface area contributed by atoms with Crippen LogP contribution in [0.1, 0.15) is 33.1 Å². The molecule has 0 unspecified atom stereocenters. The SMILES string of the molecule is CC(C)(CNC1CCOCC1)CC(=O)O. The van der Waals surface area contributed by atoms with E-state index in [1.54, 1.807) is 0 Å². The highest BCUT2D eigenvalue weighted by molar-refractivity contribution is 5.67. The first-order valence-corrected chi connectivity index (χ1v) is 5.52. The predicted octanol–water partition coefficient (Wildman–Crippen LogP) is 1.26. The number of carboxylic acid groups (broad SMARTS) is 1. The van der Waals surface area contributed by atoms with Gasteiger partial charge < -0.3 is 15.2 Å². The molecular weight excluding hydrogens is 194 g/mol. The lowest BCUT2D eigenvalue weighted by Gasteiger charge is -2.29. The first kappa shape index (κ1) is 12.5. The zero-order chi connectivity index (χ0) is 11.3. The van der Waals surface area contributed by atoms with Crippen molar-refractivity contribution >= 4 is 5.97 Å². The van der Waals surface area contributed by atoms with Crippen LogP contribution in [0.25, 0.3) is 0 Å². The summed E-state index contributed by atoms with van der Waals surface area (Å²) in [7, 11) is 0. The van der Waals surface area contributed by atoms with E-state index >= 15 is 0 Å². The van der Waals surface area contributed by atoms with Gasteiger partial charge in [-0.25, -0.2) is 0 Å². The van der Waals surface area contributed by atoms with Crippen molar-refractivity contribution in [2.45, 2.75) is 39.2 Å². The van der Waals surface area contributed by atoms with Gasteiger partial charge >= 0.3 is 5.97 Å². The van der Waals surface area contributed by atoms with Gasteiger partial charge in [0.05, 0.1) is 6.42 Å². The molecule has 0 aromatic carbocycles. The minimum Gasteiger partial charge on any atom is -0.481 e. The molecule has 1 saturated heterocycles. The molecule has 88 valence electrons. The fourth-order valence-electron chi connectivity index (χ4n) is 1.79. The maximum atomic E-state index is 10.6. The summed E-state index contributed by atoms with van der Waals surface area (Å²) in [5.74, 6) is -0.728. The van der Waals surface area contributed by atoms with Crippen LogP contribution in [0, 0.1) is 5.41 Å². The van der Waals surface area contributed by atoms with E-state index in [2.05, 4.69) is 5.32 Å². The molecule has 4 nitrogen and oxygen atoms in total. The van der Waals surface area contributed by atoms with Gasteiger partial charge in [0.1, 0.15) is 0 Å². The van der Waals surface area contributed by atoms with E-state index < -0.39 is 5.97 Å². The molecule has 0 aliphatic carbocycles. The van der Waals surface area contributed by atoms with Gasteiger partial charge in [-0.05, 0) is 18.3 Å². The molecule has 0 aromatic rings. The van der Waals surface area contributed by atoms with Crippen molar-refractivity contribution in [1.29, 1.82) is 0 Å². The summed E-state index contributed by atoms with van der Waals surface area (Å²) in [6, 6.07) is 0.492. The standard InChI is InChI=1S/C11H21NO3/c1-11(2,7-10(13)14)8-12-9-3-5-15-6-4-9/h9,12H,3-8H2,1-2H3,(H,13,14). The molecule has 1 aliphatic rings. The molecule has 1 rings (SSSR count). The summed E-state index contributed by atoms with van der Waals surface area (Å²) in [5, 5.41) is 12.2. The van der Waals surface area contributed by atoms with Gasteiger partial charge in [0, 0.05) is 25.8 Å². The maximum Gasteiger partial charge on any atom is 0.303 e. The number of hydrogen-bond acceptors (Lipinski definition) is 3. The van der Waals surface area contributed by atoms with Crippen LogP contribution in [0.5, 0.6) is 0 Å². The molecule has 0 bridgehead atoms. The van der Waals surface area contributed by atoms with Gasteiger partial charge in [-0.3, -0.25) is 4.79 Å². The zero-order valence-electron chi connectivity index (χ0n) is 9.58. The van der Waals surface area contributed by atoms with E-state index in [0.717, 1.165) is 32.6 Å². The normalized spacial score (nSPS) is 19.1. The molecule has 1 fully saturated rings. The van der Waals surface area contributed by atoms with Gasteiger partial charge in [-0.2, -0.15) is 0 Å². The molecule has 0 spiro atoms. The first-order valence-electron chi connectivity index (χ1n) is 5.52. The number of carboxylic acids is 1. The quantitative estimate of drug-likeness (QED) is 0.724. The molecule has 0 amide bonds. The Balaban J connectivity index is 2.24. The van der Waals surface area contributed by atoms with Crippen molar-refractivity contribution in [2.24, 2.45) is 5.41 Å². The van der Waals surface area contributed by atoms with E-state index in [4.69, 9.17) is 9.84 Å². The third-order valence-corrected chi connectivity index (χ3v) is 2.72. The lowest BCUT2D eigenvalue weighted by molar-refractivity contribution is -0.139. The number of nitrogens with one attached hydrogen (secondary N) is 1. The second kappa shape index (κ2) is 5.47. The van der Waals surface area contributed by atoms with E-state index in [0.29, 0.717) is 6.04 Å². The lowest BCUT2D eigenvalue weighted by atomic mass is 9.89. The van der Waals surface area contributed by atoms with Crippen LogP contribution in [0.4, 0.5) is 0 Å². The molecule has 1 heterocycles. The average molecular weight is 215 g/mol. The summed E-state index contributed by atoms with van der Waals surface area (Å²) < 4.78 is 5.26. The van der Waals surface area contributed by atoms with Crippen LogP contribution in [0.2, 0.25) is 0 Å². The van der Waals surface area contributed by atoms with E-state index in [9.17, 15) is 4.79 Å². The van der Waals surface area contributed by atoms with Crippen molar-refractivity contribution in [1.82, 2.24) is 5.32 Å². The van der Waals surface area contributed by atoms with Crippen molar-refractivity contribution in [3.8, 4) is 0 Å². The molecule has 0 atom stereocenters. The van der Waals surface area contributed by atoms with Gasteiger partial charge in [-0.1, -0.05) is 13.8 Å². The molecule has 1 aliphatic heterocycles. The first-order chi connectivity index (χ1) is 6.99. The highest BCUT2D eigenvalue weighted by Crippen LogP contribution is 2.19. The van der Waals surface area contributed by atoms with Gasteiger partial charge in [-0.15, -0.1) is 0 Å². The number of ether oxygens (including phenoxy) is 1. The van der Waals surface area contributed by atoms with Gasteiger partial charge in [0.2, 0.25) is 0 Å². The van der Waals surface area contributed by atoms with Gasteiger partial charge in [0.25, 0.3) is 0 Å². The van der Waals surface area contributed by atoms with Crippen LogP contribution in [0.3, 0.4) is 0 Å². The Labute approximate surface area is 91.0 Å². The lowest BCUT2D eigenvalue weighted by Crippen LogP contribution is -2.40. The van der Waals surface area contributed by atoms with Crippen molar-refractivity contribution in [2.75, 3.05) is 19.8 Å². The van der Waals surface area contributed by atoms with Crippen molar-refractivity contribution in [3.05, 3.63) is 0 Å². The van der Waals surface area contributed by atoms with E-state index in [1.807, 2.05) is 13.8 Å². The minimum atomic E-state index is -0.728. The third kappa shape index (κ3) is 5.14. The summed E-state index contributed by atoms with van der Waals surface area (Å²) in [6.45, 7) is 6.35. The number of rotatable bonds is 5. The second-order valence-corrected chi connectivity index (χ2v) is 5.00. The largest absolute Gasteiger partial charge is 0.481 e. The molecule has 0 saturated carbocycles. The van der Waals surface area contributed by atoms with Crippen LogP contribution in [-0.4, -0.2) is 36.9 Å². The Kier molecular flexibility index (Phi) is 4.54. The van der Waals surface area contributed by atoms with Crippen LogP contribution >= 0.6 is 0 Å². The Morgan fingerprint density at radius 3 is 2.60 bits per heavy atom. The smallest absolute Gasteiger partial charge is 0.303 e. The highest BCUT2D eigenvalue weighted by Gasteiger charge is 2.23. The fourth-order valence-corrected chi connectivity index (χ4v) is 1.79. The average Bonchev–Trinajstić information content (AvgIpc) is 2.15. The van der Waals surface area contributed by atoms with Crippen molar-refractivity contribution in [3.63, 3.8) is 0 Å². The monoisotopic (exact) mass is 215 g/mol. The minimum absolute atomic E-state index is 0.176. The summed E-state index contributed by atoms with van der Waals surface area (Å²) in [6.07, 6.45) is 2.27. The summed E-state index contributed by atoms with van der Waals surface area (Å²) in [5.41, 5.74) is -0.176. The Hall–Kier alpha value is -0.610. The van der Waals surface area contributed by atoms with Gasteiger partial charge in [0.15, 0.2) is 0 Å². The van der Waals surface area contributed by atoms with E-state index in [1.165, 1.54) is 0 Å². The molecular formula is C11H21NO3. The number of carbonyl (C=O) groups is 1. The Morgan fingerprint density at radius 2 is 2.07 bits per heavy atom. The topological polar surface area (TPSA) is 58.6 Å². The fraction of sp³-hybridized carbons (Fsp3) is 0.909. The number of hydrogen-bond donors (Lipinski definition) is 2. The number of aliphatic carboxylic acids is 1. The second-order valence-electron chi connectivity index (χ2n) is 5.00. The summed E-state index contributed by atoms with van der Waals surface area (Å²) >= 11 is 0. The molecule has 2 N–H and O–H groups in total. The van der Waals surface area contributed by atoms with E-state index in [-0.39, 0.29) is 11.8 Å². The zero-order valence-corrected chi connectivity index (χ0v) is 9.58. The summed E-state index contributed by atoms with van der Waals surface area (Å²) in [4.78, 5) is 10.6. The maximum absolute atomic E-state index is 10.6. The highest BCUT2D eigenvalue weighted by atomic mass is 16.5. The Bertz CT molecular complexity index is 210. The third-order valence-electron chi connectivity index (χ3n) is 2.72. The molecule has 4 heteroatoms. The molecule has 0 aromatic heterocycles.